The molecule has 0 spiro atoms. The lowest BCUT2D eigenvalue weighted by molar-refractivity contribution is -0.384. The second-order valence-corrected chi connectivity index (χ2v) is 4.37. The minimum Gasteiger partial charge on any atom is -0.480 e. The van der Waals surface area contributed by atoms with E-state index < -0.39 is 16.9 Å². The van der Waals surface area contributed by atoms with Crippen LogP contribution in [0.25, 0.3) is 0 Å². The zero-order valence-electron chi connectivity index (χ0n) is 9.96. The zero-order chi connectivity index (χ0) is 13.9. The Kier molecular flexibility index (Phi) is 4.63. The van der Waals surface area contributed by atoms with Gasteiger partial charge in [-0.3, -0.25) is 19.8 Å². The van der Waals surface area contributed by atoms with Crippen molar-refractivity contribution in [1.29, 1.82) is 0 Å². The zero-order valence-corrected chi connectivity index (χ0v) is 10.7. The fourth-order valence-electron chi connectivity index (χ4n) is 1.39. The van der Waals surface area contributed by atoms with E-state index >= 15 is 0 Å². The number of nitrogens with zero attached hydrogens (tertiary/aromatic N) is 2. The number of aliphatic carboxylic acids is 1. The van der Waals surface area contributed by atoms with E-state index in [0.717, 1.165) is 0 Å². The molecule has 0 amide bonds. The molecule has 1 aromatic rings. The van der Waals surface area contributed by atoms with Crippen LogP contribution in [0.3, 0.4) is 0 Å². The average molecular weight is 273 g/mol. The van der Waals surface area contributed by atoms with E-state index in [1.54, 1.807) is 11.9 Å². The molecule has 0 radical (unpaired) electrons. The van der Waals surface area contributed by atoms with Crippen molar-refractivity contribution in [2.24, 2.45) is 0 Å². The summed E-state index contributed by atoms with van der Waals surface area (Å²) >= 11 is 5.93. The maximum atomic E-state index is 10.8. The number of non-ortho nitro benzene ring substituents is 1. The predicted molar refractivity (Wildman–Crippen MR) is 66.7 cm³/mol. The van der Waals surface area contributed by atoms with Gasteiger partial charge >= 0.3 is 5.97 Å². The molecule has 98 valence electrons. The highest BCUT2D eigenvalue weighted by Crippen LogP contribution is 2.23. The normalized spacial score (nSPS) is 12.4. The van der Waals surface area contributed by atoms with E-state index in [1.165, 1.54) is 25.1 Å². The Balaban J connectivity index is 2.93. The van der Waals surface area contributed by atoms with E-state index in [2.05, 4.69) is 0 Å². The summed E-state index contributed by atoms with van der Waals surface area (Å²) in [5.74, 6) is -0.959. The molecule has 6 nitrogen and oxygen atoms in total. The van der Waals surface area contributed by atoms with Gasteiger partial charge in [0.1, 0.15) is 6.04 Å². The first-order valence-electron chi connectivity index (χ1n) is 5.18. The third kappa shape index (κ3) is 3.41. The number of hydrogen-bond acceptors (Lipinski definition) is 4. The highest BCUT2D eigenvalue weighted by atomic mass is 35.5. The standard InChI is InChI=1S/C11H13ClN2O4/c1-7(11(15)16)13(2)6-8-5-9(14(17)18)3-4-10(8)12/h3-5,7H,6H2,1-2H3,(H,15,16). The Hall–Kier alpha value is -1.66. The Morgan fingerprint density at radius 3 is 2.72 bits per heavy atom. The third-order valence-corrected chi connectivity index (χ3v) is 3.05. The Labute approximate surface area is 109 Å². The highest BCUT2D eigenvalue weighted by molar-refractivity contribution is 6.31. The maximum absolute atomic E-state index is 10.8. The minimum atomic E-state index is -0.959. The second kappa shape index (κ2) is 5.79. The number of halogens is 1. The topological polar surface area (TPSA) is 83.7 Å². The van der Waals surface area contributed by atoms with Gasteiger partial charge in [0.15, 0.2) is 0 Å². The van der Waals surface area contributed by atoms with Gasteiger partial charge in [0, 0.05) is 23.7 Å². The average Bonchev–Trinajstić information content (AvgIpc) is 2.30. The predicted octanol–water partition coefficient (Wildman–Crippen LogP) is 2.15. The first kappa shape index (κ1) is 14.4. The molecule has 0 aliphatic rings. The Morgan fingerprint density at radius 2 is 2.22 bits per heavy atom. The second-order valence-electron chi connectivity index (χ2n) is 3.96. The van der Waals surface area contributed by atoms with Gasteiger partial charge in [-0.05, 0) is 25.6 Å². The van der Waals surface area contributed by atoms with Crippen molar-refractivity contribution >= 4 is 23.3 Å². The van der Waals surface area contributed by atoms with Gasteiger partial charge in [0.05, 0.1) is 4.92 Å². The fourth-order valence-corrected chi connectivity index (χ4v) is 1.57. The van der Waals surface area contributed by atoms with Gasteiger partial charge in [0.2, 0.25) is 0 Å². The lowest BCUT2D eigenvalue weighted by Crippen LogP contribution is -2.35. The van der Waals surface area contributed by atoms with Gasteiger partial charge < -0.3 is 5.11 Å². The summed E-state index contributed by atoms with van der Waals surface area (Å²) in [6.45, 7) is 1.77. The molecule has 0 aromatic heterocycles. The number of benzene rings is 1. The molecule has 0 aliphatic carbocycles. The molecule has 0 bridgehead atoms. The van der Waals surface area contributed by atoms with Crippen LogP contribution in [0.15, 0.2) is 18.2 Å². The van der Waals surface area contributed by atoms with Crippen molar-refractivity contribution in [3.8, 4) is 0 Å². The van der Waals surface area contributed by atoms with Crippen LogP contribution in [-0.2, 0) is 11.3 Å². The van der Waals surface area contributed by atoms with E-state index in [1.807, 2.05) is 0 Å². The summed E-state index contributed by atoms with van der Waals surface area (Å²) in [6, 6.07) is 3.41. The maximum Gasteiger partial charge on any atom is 0.320 e. The number of nitro benzene ring substituents is 1. The molecule has 1 aromatic carbocycles. The molecule has 0 heterocycles. The van der Waals surface area contributed by atoms with Gasteiger partial charge in [-0.1, -0.05) is 11.6 Å². The third-order valence-electron chi connectivity index (χ3n) is 2.68. The van der Waals surface area contributed by atoms with E-state index in [-0.39, 0.29) is 12.2 Å². The molecule has 1 rings (SSSR count). The Morgan fingerprint density at radius 1 is 1.61 bits per heavy atom. The number of carboxylic acids is 1. The van der Waals surface area contributed by atoms with Crippen LogP contribution in [0.5, 0.6) is 0 Å². The molecule has 1 N–H and O–H groups in total. The summed E-state index contributed by atoms with van der Waals surface area (Å²) in [6.07, 6.45) is 0. The largest absolute Gasteiger partial charge is 0.480 e. The molecular weight excluding hydrogens is 260 g/mol. The number of carbonyl (C=O) groups is 1. The fraction of sp³-hybridized carbons (Fsp3) is 0.364. The molecule has 0 fully saturated rings. The van der Waals surface area contributed by atoms with E-state index in [9.17, 15) is 14.9 Å². The molecule has 18 heavy (non-hydrogen) atoms. The summed E-state index contributed by atoms with van der Waals surface area (Å²) in [5.41, 5.74) is 0.465. The van der Waals surface area contributed by atoms with Crippen LogP contribution in [0.2, 0.25) is 5.02 Å². The molecule has 1 atom stereocenters. The Bertz CT molecular complexity index is 478. The summed E-state index contributed by atoms with van der Waals surface area (Å²) in [5, 5.41) is 19.9. The van der Waals surface area contributed by atoms with Gasteiger partial charge in [-0.15, -0.1) is 0 Å². The number of likely N-dealkylation sites (N-methyl/N-ethyl adjacent to an activating group) is 1. The van der Waals surface area contributed by atoms with Crippen LogP contribution in [0.4, 0.5) is 5.69 Å². The van der Waals surface area contributed by atoms with Crippen molar-refractivity contribution in [3.05, 3.63) is 38.9 Å². The number of carboxylic acid groups (broad SMARTS) is 1. The summed E-state index contributed by atoms with van der Waals surface area (Å²) in [4.78, 5) is 22.5. The SMILES string of the molecule is CC(C(=O)O)N(C)Cc1cc([N+](=O)[O-])ccc1Cl. The van der Waals surface area contributed by atoms with Crippen LogP contribution >= 0.6 is 11.6 Å². The minimum absolute atomic E-state index is 0.0641. The van der Waals surface area contributed by atoms with Crippen LogP contribution in [0.1, 0.15) is 12.5 Å². The molecule has 1 unspecified atom stereocenters. The monoisotopic (exact) mass is 272 g/mol. The molecular formula is C11H13ClN2O4. The van der Waals surface area contributed by atoms with E-state index in [0.29, 0.717) is 10.6 Å². The number of hydrogen-bond donors (Lipinski definition) is 1. The van der Waals surface area contributed by atoms with Gasteiger partial charge in [-0.2, -0.15) is 0 Å². The van der Waals surface area contributed by atoms with E-state index in [4.69, 9.17) is 16.7 Å². The highest BCUT2D eigenvalue weighted by Gasteiger charge is 2.19. The van der Waals surface area contributed by atoms with Crippen molar-refractivity contribution in [2.45, 2.75) is 19.5 Å². The van der Waals surface area contributed by atoms with Crippen molar-refractivity contribution < 1.29 is 14.8 Å². The van der Waals surface area contributed by atoms with Gasteiger partial charge in [-0.25, -0.2) is 0 Å². The van der Waals surface area contributed by atoms with Crippen molar-refractivity contribution in [1.82, 2.24) is 4.90 Å². The first-order valence-corrected chi connectivity index (χ1v) is 5.56. The number of nitro groups is 1. The van der Waals surface area contributed by atoms with Crippen molar-refractivity contribution in [3.63, 3.8) is 0 Å². The summed E-state index contributed by atoms with van der Waals surface area (Å²) < 4.78 is 0. The van der Waals surface area contributed by atoms with Crippen LogP contribution in [0, 0.1) is 10.1 Å². The smallest absolute Gasteiger partial charge is 0.320 e. The summed E-state index contributed by atoms with van der Waals surface area (Å²) in [7, 11) is 1.62. The van der Waals surface area contributed by atoms with Crippen molar-refractivity contribution in [2.75, 3.05) is 7.05 Å². The van der Waals surface area contributed by atoms with Gasteiger partial charge in [0.25, 0.3) is 5.69 Å². The molecule has 0 saturated carbocycles. The molecule has 0 saturated heterocycles. The quantitative estimate of drug-likeness (QED) is 0.656. The number of rotatable bonds is 5. The first-order chi connectivity index (χ1) is 8.32. The van der Waals surface area contributed by atoms with Crippen LogP contribution in [-0.4, -0.2) is 34.0 Å². The molecule has 7 heteroatoms. The van der Waals surface area contributed by atoms with Crippen LogP contribution < -0.4 is 0 Å². The lowest BCUT2D eigenvalue weighted by atomic mass is 10.1. The lowest BCUT2D eigenvalue weighted by Gasteiger charge is -2.21. The molecule has 0 aliphatic heterocycles.